The summed E-state index contributed by atoms with van der Waals surface area (Å²) < 4.78 is 0. The highest BCUT2D eigenvalue weighted by Gasteiger charge is 2.33. The molecule has 0 saturated heterocycles. The number of likely N-dealkylation sites (N-methyl/N-ethyl adjacent to an activating group) is 1. The summed E-state index contributed by atoms with van der Waals surface area (Å²) in [6.07, 6.45) is 1.31. The molecule has 0 saturated carbocycles. The number of aliphatic hydroxyl groups is 1. The van der Waals surface area contributed by atoms with Crippen molar-refractivity contribution in [3.05, 3.63) is 35.9 Å². The van der Waals surface area contributed by atoms with Crippen LogP contribution in [0.4, 0.5) is 0 Å². The zero-order valence-electron chi connectivity index (χ0n) is 10.8. The van der Waals surface area contributed by atoms with Crippen molar-refractivity contribution in [2.24, 2.45) is 0 Å². The highest BCUT2D eigenvalue weighted by Crippen LogP contribution is 2.23. The zero-order valence-corrected chi connectivity index (χ0v) is 10.8. The summed E-state index contributed by atoms with van der Waals surface area (Å²) in [6, 6.07) is 10.2. The molecule has 0 aromatic heterocycles. The molecule has 1 N–H and O–H groups in total. The van der Waals surface area contributed by atoms with Crippen LogP contribution in [-0.4, -0.2) is 35.7 Å². The fraction of sp³-hybridized carbons (Fsp3) is 0.571. The van der Waals surface area contributed by atoms with E-state index in [0.29, 0.717) is 6.42 Å². The molecule has 1 rings (SSSR count). The minimum absolute atomic E-state index is 0.157. The first-order valence-electron chi connectivity index (χ1n) is 5.90. The Morgan fingerprint density at radius 2 is 1.81 bits per heavy atom. The monoisotopic (exact) mass is 221 g/mol. The quantitative estimate of drug-likeness (QED) is 0.825. The second kappa shape index (κ2) is 5.46. The van der Waals surface area contributed by atoms with Crippen molar-refractivity contribution in [2.75, 3.05) is 14.1 Å². The molecule has 0 aliphatic carbocycles. The fourth-order valence-corrected chi connectivity index (χ4v) is 1.91. The van der Waals surface area contributed by atoms with Gasteiger partial charge >= 0.3 is 0 Å². The normalized spacial score (nSPS) is 17.1. The second-order valence-corrected chi connectivity index (χ2v) is 4.81. The van der Waals surface area contributed by atoms with Crippen LogP contribution >= 0.6 is 0 Å². The zero-order chi connectivity index (χ0) is 12.2. The van der Waals surface area contributed by atoms with Crippen molar-refractivity contribution < 1.29 is 5.11 Å². The molecule has 0 aliphatic rings. The summed E-state index contributed by atoms with van der Waals surface area (Å²) in [5.41, 5.74) is 1.03. The van der Waals surface area contributed by atoms with E-state index in [9.17, 15) is 5.11 Å². The second-order valence-electron chi connectivity index (χ2n) is 4.81. The van der Waals surface area contributed by atoms with E-state index in [1.54, 1.807) is 0 Å². The topological polar surface area (TPSA) is 23.5 Å². The van der Waals surface area contributed by atoms with Gasteiger partial charge in [-0.2, -0.15) is 0 Å². The predicted octanol–water partition coefficient (Wildman–Crippen LogP) is 2.32. The van der Waals surface area contributed by atoms with Crippen molar-refractivity contribution in [2.45, 2.75) is 38.3 Å². The van der Waals surface area contributed by atoms with E-state index in [1.165, 1.54) is 5.56 Å². The van der Waals surface area contributed by atoms with Gasteiger partial charge in [-0.15, -0.1) is 0 Å². The summed E-state index contributed by atoms with van der Waals surface area (Å²) in [5.74, 6) is 0. The molecule has 1 aromatic carbocycles. The van der Waals surface area contributed by atoms with Gasteiger partial charge in [-0.1, -0.05) is 37.3 Å². The molecular weight excluding hydrogens is 198 g/mol. The maximum Gasteiger partial charge on any atom is 0.0761 e. The van der Waals surface area contributed by atoms with Crippen molar-refractivity contribution in [1.82, 2.24) is 4.90 Å². The Balaban J connectivity index is 2.74. The molecule has 0 spiro atoms. The number of benzene rings is 1. The molecule has 0 aliphatic heterocycles. The Kier molecular flexibility index (Phi) is 4.51. The lowest BCUT2D eigenvalue weighted by Gasteiger charge is -2.40. The molecule has 0 amide bonds. The predicted molar refractivity (Wildman–Crippen MR) is 68.5 cm³/mol. The third-order valence-electron chi connectivity index (χ3n) is 3.73. The summed E-state index contributed by atoms with van der Waals surface area (Å²) in [4.78, 5) is 2.11. The Labute approximate surface area is 98.9 Å². The van der Waals surface area contributed by atoms with Crippen molar-refractivity contribution >= 4 is 0 Å². The molecule has 1 aromatic rings. The Hall–Kier alpha value is -0.860. The first-order chi connectivity index (χ1) is 7.50. The lowest BCUT2D eigenvalue weighted by Crippen LogP contribution is -2.51. The van der Waals surface area contributed by atoms with Gasteiger partial charge in [0.2, 0.25) is 0 Å². The van der Waals surface area contributed by atoms with Crippen LogP contribution in [0.3, 0.4) is 0 Å². The van der Waals surface area contributed by atoms with Crippen LogP contribution in [0.2, 0.25) is 0 Å². The van der Waals surface area contributed by atoms with Crippen LogP contribution in [0.5, 0.6) is 0 Å². The van der Waals surface area contributed by atoms with E-state index in [1.807, 2.05) is 32.3 Å². The highest BCUT2D eigenvalue weighted by molar-refractivity contribution is 5.16. The van der Waals surface area contributed by atoms with Gasteiger partial charge in [0.1, 0.15) is 0 Å². The molecule has 90 valence electrons. The van der Waals surface area contributed by atoms with Gasteiger partial charge in [-0.05, 0) is 33.0 Å². The minimum atomic E-state index is -0.338. The standard InChI is InChI=1S/C14H23NO/c1-5-14(2,15(3)4)13(16)11-12-9-7-6-8-10-12/h6-10,13,16H,5,11H2,1-4H3. The maximum atomic E-state index is 10.4. The molecule has 2 heteroatoms. The van der Waals surface area contributed by atoms with Crippen LogP contribution in [-0.2, 0) is 6.42 Å². The lowest BCUT2D eigenvalue weighted by molar-refractivity contribution is 0.00301. The van der Waals surface area contributed by atoms with E-state index in [4.69, 9.17) is 0 Å². The van der Waals surface area contributed by atoms with Gasteiger partial charge in [0.25, 0.3) is 0 Å². The fourth-order valence-electron chi connectivity index (χ4n) is 1.91. The molecule has 2 nitrogen and oxygen atoms in total. The lowest BCUT2D eigenvalue weighted by atomic mass is 9.86. The van der Waals surface area contributed by atoms with Gasteiger partial charge in [-0.25, -0.2) is 0 Å². The van der Waals surface area contributed by atoms with E-state index >= 15 is 0 Å². The SMILES string of the molecule is CCC(C)(C(O)Cc1ccccc1)N(C)C. The van der Waals surface area contributed by atoms with Crippen LogP contribution in [0, 0.1) is 0 Å². The van der Waals surface area contributed by atoms with E-state index in [-0.39, 0.29) is 11.6 Å². The summed E-state index contributed by atoms with van der Waals surface area (Å²) in [7, 11) is 4.05. The summed E-state index contributed by atoms with van der Waals surface area (Å²) >= 11 is 0. The molecule has 2 atom stereocenters. The smallest absolute Gasteiger partial charge is 0.0761 e. The van der Waals surface area contributed by atoms with Crippen molar-refractivity contribution in [3.63, 3.8) is 0 Å². The molecule has 0 bridgehead atoms. The Bertz CT molecular complexity index is 310. The summed E-state index contributed by atoms with van der Waals surface area (Å²) in [6.45, 7) is 4.23. The number of aliphatic hydroxyl groups excluding tert-OH is 1. The van der Waals surface area contributed by atoms with E-state index in [0.717, 1.165) is 6.42 Å². The molecule has 0 fully saturated rings. The van der Waals surface area contributed by atoms with Gasteiger partial charge < -0.3 is 10.0 Å². The minimum Gasteiger partial charge on any atom is -0.391 e. The van der Waals surface area contributed by atoms with Crippen LogP contribution in [0.1, 0.15) is 25.8 Å². The molecule has 16 heavy (non-hydrogen) atoms. The van der Waals surface area contributed by atoms with E-state index in [2.05, 4.69) is 30.9 Å². The average molecular weight is 221 g/mol. The Morgan fingerprint density at radius 1 is 1.25 bits per heavy atom. The molecule has 2 unspecified atom stereocenters. The van der Waals surface area contributed by atoms with Gasteiger partial charge in [0.05, 0.1) is 6.10 Å². The largest absolute Gasteiger partial charge is 0.391 e. The summed E-state index contributed by atoms with van der Waals surface area (Å²) in [5, 5.41) is 10.4. The van der Waals surface area contributed by atoms with Crippen molar-refractivity contribution in [3.8, 4) is 0 Å². The van der Waals surface area contributed by atoms with Crippen LogP contribution in [0.25, 0.3) is 0 Å². The molecule has 0 heterocycles. The average Bonchev–Trinajstić information content (AvgIpc) is 2.28. The number of rotatable bonds is 5. The molecular formula is C14H23NO. The number of hydrogen-bond acceptors (Lipinski definition) is 2. The first-order valence-corrected chi connectivity index (χ1v) is 5.90. The number of hydrogen-bond donors (Lipinski definition) is 1. The van der Waals surface area contributed by atoms with Gasteiger partial charge in [0.15, 0.2) is 0 Å². The van der Waals surface area contributed by atoms with Crippen LogP contribution < -0.4 is 0 Å². The molecule has 0 radical (unpaired) electrons. The Morgan fingerprint density at radius 3 is 2.25 bits per heavy atom. The van der Waals surface area contributed by atoms with Crippen molar-refractivity contribution in [1.29, 1.82) is 0 Å². The van der Waals surface area contributed by atoms with E-state index < -0.39 is 0 Å². The van der Waals surface area contributed by atoms with Gasteiger partial charge in [-0.3, -0.25) is 0 Å². The number of nitrogens with zero attached hydrogens (tertiary/aromatic N) is 1. The highest BCUT2D eigenvalue weighted by atomic mass is 16.3. The van der Waals surface area contributed by atoms with Crippen LogP contribution in [0.15, 0.2) is 30.3 Å². The third-order valence-corrected chi connectivity index (χ3v) is 3.73. The first kappa shape index (κ1) is 13.2. The van der Waals surface area contributed by atoms with Gasteiger partial charge in [0, 0.05) is 12.0 Å². The maximum absolute atomic E-state index is 10.4. The third kappa shape index (κ3) is 2.83.